The van der Waals surface area contributed by atoms with Gasteiger partial charge in [0, 0.05) is 12.1 Å². The van der Waals surface area contributed by atoms with Gasteiger partial charge < -0.3 is 5.73 Å². The van der Waals surface area contributed by atoms with Crippen molar-refractivity contribution < 1.29 is 0 Å². The molecule has 0 atom stereocenters. The Balaban J connectivity index is 2.53. The Hall–Kier alpha value is -0.790. The van der Waals surface area contributed by atoms with Crippen LogP contribution in [0.25, 0.3) is 0 Å². The minimum Gasteiger partial charge on any atom is -0.327 e. The maximum atomic E-state index is 5.62. The lowest BCUT2D eigenvalue weighted by molar-refractivity contribution is 0.905. The molecule has 0 aliphatic rings. The SMILES string of the molecule is Cc1cccc(CC/C(=C/Cl)CN)c1. The van der Waals surface area contributed by atoms with Crippen molar-refractivity contribution in [2.45, 2.75) is 19.8 Å². The molecule has 2 heteroatoms. The van der Waals surface area contributed by atoms with E-state index in [1.165, 1.54) is 11.1 Å². The maximum absolute atomic E-state index is 5.62. The highest BCUT2D eigenvalue weighted by atomic mass is 35.5. The number of nitrogens with two attached hydrogens (primary N) is 1. The molecule has 1 rings (SSSR count). The Labute approximate surface area is 90.6 Å². The van der Waals surface area contributed by atoms with Gasteiger partial charge in [0.25, 0.3) is 0 Å². The van der Waals surface area contributed by atoms with Crippen LogP contribution in [0.2, 0.25) is 0 Å². The Morgan fingerprint density at radius 2 is 2.29 bits per heavy atom. The maximum Gasteiger partial charge on any atom is 0.0148 e. The van der Waals surface area contributed by atoms with Crippen LogP contribution in [-0.4, -0.2) is 6.54 Å². The lowest BCUT2D eigenvalue weighted by Gasteiger charge is -2.04. The van der Waals surface area contributed by atoms with Gasteiger partial charge in [0.15, 0.2) is 0 Å². The molecule has 0 aromatic heterocycles. The third kappa shape index (κ3) is 3.52. The number of hydrogen-bond donors (Lipinski definition) is 1. The molecule has 0 saturated carbocycles. The third-order valence-corrected chi connectivity index (χ3v) is 2.54. The monoisotopic (exact) mass is 209 g/mol. The molecule has 0 fully saturated rings. The Morgan fingerprint density at radius 1 is 1.50 bits per heavy atom. The van der Waals surface area contributed by atoms with Crippen molar-refractivity contribution in [1.82, 2.24) is 0 Å². The minimum atomic E-state index is 0.551. The standard InChI is InChI=1S/C12H16ClN/c1-10-3-2-4-11(7-10)5-6-12(8-13)9-14/h2-4,7-8H,5-6,9,14H2,1H3/b12-8-. The molecule has 0 spiro atoms. The highest BCUT2D eigenvalue weighted by Crippen LogP contribution is 2.10. The van der Waals surface area contributed by atoms with Crippen LogP contribution in [0.15, 0.2) is 35.4 Å². The van der Waals surface area contributed by atoms with Gasteiger partial charge >= 0.3 is 0 Å². The Bertz CT molecular complexity index is 318. The summed E-state index contributed by atoms with van der Waals surface area (Å²) in [6, 6.07) is 8.51. The van der Waals surface area contributed by atoms with E-state index in [4.69, 9.17) is 17.3 Å². The van der Waals surface area contributed by atoms with Crippen molar-refractivity contribution in [3.8, 4) is 0 Å². The van der Waals surface area contributed by atoms with Gasteiger partial charge in [-0.15, -0.1) is 0 Å². The summed E-state index contributed by atoms with van der Waals surface area (Å²) in [4.78, 5) is 0. The summed E-state index contributed by atoms with van der Waals surface area (Å²) in [6.07, 6.45) is 1.96. The molecule has 76 valence electrons. The van der Waals surface area contributed by atoms with Gasteiger partial charge in [-0.1, -0.05) is 41.4 Å². The summed E-state index contributed by atoms with van der Waals surface area (Å²) in [5.41, 5.74) is 10.9. The van der Waals surface area contributed by atoms with E-state index in [0.29, 0.717) is 6.54 Å². The number of halogens is 1. The summed E-state index contributed by atoms with van der Waals surface area (Å²) in [5.74, 6) is 0. The summed E-state index contributed by atoms with van der Waals surface area (Å²) >= 11 is 5.62. The van der Waals surface area contributed by atoms with Gasteiger partial charge in [-0.3, -0.25) is 0 Å². The molecule has 1 nitrogen and oxygen atoms in total. The van der Waals surface area contributed by atoms with E-state index >= 15 is 0 Å². The van der Waals surface area contributed by atoms with E-state index in [1.807, 2.05) is 0 Å². The molecule has 1 aromatic carbocycles. The molecule has 1 aromatic rings. The summed E-state index contributed by atoms with van der Waals surface area (Å²) in [5, 5.41) is 0. The summed E-state index contributed by atoms with van der Waals surface area (Å²) in [6.45, 7) is 2.65. The lowest BCUT2D eigenvalue weighted by atomic mass is 10.0. The fraction of sp³-hybridized carbons (Fsp3) is 0.333. The van der Waals surface area contributed by atoms with Crippen LogP contribution in [0.5, 0.6) is 0 Å². The molecule has 0 aliphatic carbocycles. The largest absolute Gasteiger partial charge is 0.327 e. The second-order valence-corrected chi connectivity index (χ2v) is 3.68. The molecule has 14 heavy (non-hydrogen) atoms. The van der Waals surface area contributed by atoms with Crippen LogP contribution >= 0.6 is 11.6 Å². The van der Waals surface area contributed by atoms with Gasteiger partial charge in [-0.05, 0) is 30.9 Å². The molecule has 0 unspecified atom stereocenters. The molecular formula is C12H16ClN. The van der Waals surface area contributed by atoms with Crippen LogP contribution in [0.3, 0.4) is 0 Å². The zero-order valence-corrected chi connectivity index (χ0v) is 9.22. The first-order valence-corrected chi connectivity index (χ1v) is 5.23. The third-order valence-electron chi connectivity index (χ3n) is 2.23. The fourth-order valence-corrected chi connectivity index (χ4v) is 1.57. The zero-order valence-electron chi connectivity index (χ0n) is 8.46. The molecule has 0 heterocycles. The van der Waals surface area contributed by atoms with Crippen LogP contribution in [0, 0.1) is 6.92 Å². The van der Waals surface area contributed by atoms with Crippen molar-refractivity contribution in [3.05, 3.63) is 46.5 Å². The minimum absolute atomic E-state index is 0.551. The highest BCUT2D eigenvalue weighted by Gasteiger charge is 1.97. The van der Waals surface area contributed by atoms with E-state index in [1.54, 1.807) is 5.54 Å². The number of rotatable bonds is 4. The topological polar surface area (TPSA) is 26.0 Å². The molecule has 0 aliphatic heterocycles. The predicted molar refractivity (Wildman–Crippen MR) is 62.5 cm³/mol. The molecule has 0 saturated heterocycles. The van der Waals surface area contributed by atoms with Gasteiger partial charge in [0.1, 0.15) is 0 Å². The first kappa shape index (κ1) is 11.3. The molecule has 2 N–H and O–H groups in total. The second-order valence-electron chi connectivity index (χ2n) is 3.46. The number of benzene rings is 1. The van der Waals surface area contributed by atoms with Crippen LogP contribution in [0.4, 0.5) is 0 Å². The quantitative estimate of drug-likeness (QED) is 0.811. The molecule has 0 bridgehead atoms. The summed E-state index contributed by atoms with van der Waals surface area (Å²) < 4.78 is 0. The van der Waals surface area contributed by atoms with E-state index in [2.05, 4.69) is 31.2 Å². The van der Waals surface area contributed by atoms with Gasteiger partial charge in [0.05, 0.1) is 0 Å². The fourth-order valence-electron chi connectivity index (χ4n) is 1.37. The van der Waals surface area contributed by atoms with Gasteiger partial charge in [0.2, 0.25) is 0 Å². The first-order chi connectivity index (χ1) is 6.76. The van der Waals surface area contributed by atoms with Crippen molar-refractivity contribution in [2.24, 2.45) is 5.73 Å². The molecule has 0 radical (unpaired) electrons. The van der Waals surface area contributed by atoms with E-state index in [0.717, 1.165) is 18.4 Å². The normalized spacial score (nSPS) is 11.8. The second kappa shape index (κ2) is 5.84. The van der Waals surface area contributed by atoms with Crippen LogP contribution in [0.1, 0.15) is 17.5 Å². The Morgan fingerprint density at radius 3 is 2.86 bits per heavy atom. The van der Waals surface area contributed by atoms with Crippen molar-refractivity contribution in [2.75, 3.05) is 6.54 Å². The van der Waals surface area contributed by atoms with Gasteiger partial charge in [-0.25, -0.2) is 0 Å². The van der Waals surface area contributed by atoms with E-state index < -0.39 is 0 Å². The van der Waals surface area contributed by atoms with Crippen LogP contribution < -0.4 is 5.73 Å². The average Bonchev–Trinajstić information content (AvgIpc) is 2.19. The highest BCUT2D eigenvalue weighted by molar-refractivity contribution is 6.25. The Kier molecular flexibility index (Phi) is 4.71. The van der Waals surface area contributed by atoms with E-state index in [-0.39, 0.29) is 0 Å². The lowest BCUT2D eigenvalue weighted by Crippen LogP contribution is -2.03. The first-order valence-electron chi connectivity index (χ1n) is 4.80. The molecular weight excluding hydrogens is 194 g/mol. The average molecular weight is 210 g/mol. The van der Waals surface area contributed by atoms with Crippen LogP contribution in [-0.2, 0) is 6.42 Å². The van der Waals surface area contributed by atoms with Crippen molar-refractivity contribution >= 4 is 11.6 Å². The van der Waals surface area contributed by atoms with Crippen molar-refractivity contribution in [1.29, 1.82) is 0 Å². The molecule has 0 amide bonds. The smallest absolute Gasteiger partial charge is 0.0148 e. The number of aryl methyl sites for hydroxylation is 2. The summed E-state index contributed by atoms with van der Waals surface area (Å²) in [7, 11) is 0. The van der Waals surface area contributed by atoms with Crippen molar-refractivity contribution in [3.63, 3.8) is 0 Å². The number of hydrogen-bond acceptors (Lipinski definition) is 1. The predicted octanol–water partition coefficient (Wildman–Crippen LogP) is 3.01. The van der Waals surface area contributed by atoms with Gasteiger partial charge in [-0.2, -0.15) is 0 Å². The zero-order chi connectivity index (χ0) is 10.4. The van der Waals surface area contributed by atoms with E-state index in [9.17, 15) is 0 Å².